The molecule has 2 aromatic carbocycles. The van der Waals surface area contributed by atoms with Crippen molar-refractivity contribution in [2.75, 3.05) is 24.7 Å². The van der Waals surface area contributed by atoms with Gasteiger partial charge in [0.1, 0.15) is 18.2 Å². The summed E-state index contributed by atoms with van der Waals surface area (Å²) < 4.78 is 26.9. The van der Waals surface area contributed by atoms with Crippen molar-refractivity contribution < 1.29 is 13.2 Å². The van der Waals surface area contributed by atoms with Gasteiger partial charge in [0.15, 0.2) is 9.84 Å². The van der Waals surface area contributed by atoms with Crippen LogP contribution in [0.3, 0.4) is 0 Å². The minimum Gasteiger partial charge on any atom is -0.358 e. The van der Waals surface area contributed by atoms with E-state index in [-0.39, 0.29) is 23.6 Å². The minimum absolute atomic E-state index is 0.0236. The number of aromatic nitrogens is 2. The van der Waals surface area contributed by atoms with Crippen molar-refractivity contribution in [3.63, 3.8) is 0 Å². The Morgan fingerprint density at radius 1 is 1.03 bits per heavy atom. The lowest BCUT2D eigenvalue weighted by Gasteiger charge is -2.44. The molecule has 1 saturated heterocycles. The maximum atomic E-state index is 13.7. The minimum atomic E-state index is -3.48. The molecule has 1 N–H and O–H groups in total. The van der Waals surface area contributed by atoms with Crippen LogP contribution in [0.4, 0.5) is 5.82 Å². The van der Waals surface area contributed by atoms with E-state index in [1.807, 2.05) is 35.2 Å². The molecule has 5 rings (SSSR count). The SMILES string of the molecule is CC(C)N(C)[C@@H]1CC[C@H](N2CCC(Nc3ncnc4ccccc34)C2=O)[C@H](CS(=O)(=O)c2ccccc2)C1. The normalized spacial score (nSPS) is 24.4. The number of nitrogens with one attached hydrogen (secondary N) is 1. The summed E-state index contributed by atoms with van der Waals surface area (Å²) in [6.45, 7) is 4.94. The predicted octanol–water partition coefficient (Wildman–Crippen LogP) is 3.99. The number of benzene rings is 2. The zero-order valence-electron chi connectivity index (χ0n) is 22.3. The van der Waals surface area contributed by atoms with Gasteiger partial charge in [-0.05, 0) is 76.8 Å². The molecular weight excluding hydrogens is 498 g/mol. The van der Waals surface area contributed by atoms with E-state index in [2.05, 4.69) is 41.1 Å². The van der Waals surface area contributed by atoms with Crippen molar-refractivity contribution in [1.29, 1.82) is 0 Å². The van der Waals surface area contributed by atoms with Crippen LogP contribution in [0.5, 0.6) is 0 Å². The molecular formula is C29H37N5O3S. The highest BCUT2D eigenvalue weighted by atomic mass is 32.2. The molecule has 1 saturated carbocycles. The second-order valence-electron chi connectivity index (χ2n) is 10.9. The van der Waals surface area contributed by atoms with Crippen molar-refractivity contribution in [2.24, 2.45) is 5.92 Å². The molecule has 1 amide bonds. The Hall–Kier alpha value is -3.04. The summed E-state index contributed by atoms with van der Waals surface area (Å²) in [5, 5.41) is 4.24. The fraction of sp³-hybridized carbons (Fsp3) is 0.483. The van der Waals surface area contributed by atoms with E-state index in [0.29, 0.717) is 35.8 Å². The first-order chi connectivity index (χ1) is 18.2. The molecule has 2 fully saturated rings. The Morgan fingerprint density at radius 3 is 2.53 bits per heavy atom. The molecule has 9 heteroatoms. The lowest BCUT2D eigenvalue weighted by molar-refractivity contribution is -0.132. The highest BCUT2D eigenvalue weighted by molar-refractivity contribution is 7.91. The second kappa shape index (κ2) is 11.0. The van der Waals surface area contributed by atoms with Gasteiger partial charge in [0, 0.05) is 30.1 Å². The van der Waals surface area contributed by atoms with Crippen molar-refractivity contribution in [1.82, 2.24) is 19.8 Å². The van der Waals surface area contributed by atoms with Gasteiger partial charge in [0.25, 0.3) is 0 Å². The largest absolute Gasteiger partial charge is 0.358 e. The van der Waals surface area contributed by atoms with Crippen molar-refractivity contribution >= 4 is 32.5 Å². The zero-order valence-corrected chi connectivity index (χ0v) is 23.1. The van der Waals surface area contributed by atoms with E-state index < -0.39 is 15.9 Å². The Labute approximate surface area is 225 Å². The summed E-state index contributed by atoms with van der Waals surface area (Å²) in [6.07, 6.45) is 4.66. The van der Waals surface area contributed by atoms with Gasteiger partial charge in [-0.15, -0.1) is 0 Å². The number of anilines is 1. The summed E-state index contributed by atoms with van der Waals surface area (Å²) >= 11 is 0. The van der Waals surface area contributed by atoms with Crippen LogP contribution in [0, 0.1) is 5.92 Å². The zero-order chi connectivity index (χ0) is 26.9. The van der Waals surface area contributed by atoms with Gasteiger partial charge in [-0.1, -0.05) is 30.3 Å². The van der Waals surface area contributed by atoms with Crippen LogP contribution in [0.15, 0.2) is 65.8 Å². The lowest BCUT2D eigenvalue weighted by atomic mass is 9.81. The fourth-order valence-corrected chi connectivity index (χ4v) is 7.75. The first-order valence-corrected chi connectivity index (χ1v) is 15.2. The van der Waals surface area contributed by atoms with E-state index in [1.54, 1.807) is 24.3 Å². The van der Waals surface area contributed by atoms with Crippen molar-refractivity contribution in [3.8, 4) is 0 Å². The maximum Gasteiger partial charge on any atom is 0.245 e. The Morgan fingerprint density at radius 2 is 1.76 bits per heavy atom. The molecule has 1 aliphatic heterocycles. The lowest BCUT2D eigenvalue weighted by Crippen LogP contribution is -2.52. The number of nitrogens with zero attached hydrogens (tertiary/aromatic N) is 4. The van der Waals surface area contributed by atoms with E-state index in [1.165, 1.54) is 6.33 Å². The van der Waals surface area contributed by atoms with E-state index in [4.69, 9.17) is 0 Å². The molecule has 1 aromatic heterocycles. The Balaban J connectivity index is 1.37. The Kier molecular flexibility index (Phi) is 7.68. The van der Waals surface area contributed by atoms with Crippen LogP contribution >= 0.6 is 0 Å². The second-order valence-corrected chi connectivity index (χ2v) is 12.9. The third-order valence-corrected chi connectivity index (χ3v) is 10.2. The van der Waals surface area contributed by atoms with Gasteiger partial charge in [-0.2, -0.15) is 0 Å². The number of hydrogen-bond acceptors (Lipinski definition) is 7. The van der Waals surface area contributed by atoms with Gasteiger partial charge >= 0.3 is 0 Å². The van der Waals surface area contributed by atoms with Gasteiger partial charge < -0.3 is 15.1 Å². The first kappa shape index (κ1) is 26.6. The number of amides is 1. The average Bonchev–Trinajstić information content (AvgIpc) is 3.28. The van der Waals surface area contributed by atoms with Crippen molar-refractivity contribution in [2.45, 2.75) is 68.6 Å². The number of para-hydroxylation sites is 1. The van der Waals surface area contributed by atoms with Crippen LogP contribution in [0.1, 0.15) is 39.5 Å². The van der Waals surface area contributed by atoms with Crippen LogP contribution in [-0.2, 0) is 14.6 Å². The maximum absolute atomic E-state index is 13.7. The molecule has 0 bridgehead atoms. The van der Waals surface area contributed by atoms with Crippen LogP contribution in [0.25, 0.3) is 10.9 Å². The number of hydrogen-bond donors (Lipinski definition) is 1. The molecule has 0 radical (unpaired) electrons. The number of likely N-dealkylation sites (tertiary alicyclic amines) is 1. The predicted molar refractivity (Wildman–Crippen MR) is 150 cm³/mol. The standard InChI is InChI=1S/C29H37N5O3S/c1-20(2)33(3)22-13-14-27(21(17-22)18-38(36,37)23-9-5-4-6-10-23)34-16-15-26(29(34)35)32-28-24-11-7-8-12-25(24)30-19-31-28/h4-12,19-22,26-27H,13-18H2,1-3H3,(H,30,31,32)/t21-,22+,26?,27-/m0/s1. The topological polar surface area (TPSA) is 95.5 Å². The van der Waals surface area contributed by atoms with E-state index in [0.717, 1.165) is 30.2 Å². The highest BCUT2D eigenvalue weighted by Crippen LogP contribution is 2.36. The van der Waals surface area contributed by atoms with Gasteiger partial charge in [-0.25, -0.2) is 18.4 Å². The van der Waals surface area contributed by atoms with E-state index >= 15 is 0 Å². The average molecular weight is 536 g/mol. The summed E-state index contributed by atoms with van der Waals surface area (Å²) in [7, 11) is -1.37. The Bertz CT molecular complexity index is 1380. The third kappa shape index (κ3) is 5.40. The molecule has 38 heavy (non-hydrogen) atoms. The fourth-order valence-electron chi connectivity index (χ4n) is 6.06. The third-order valence-electron chi connectivity index (χ3n) is 8.33. The van der Waals surface area contributed by atoms with Crippen LogP contribution in [0.2, 0.25) is 0 Å². The van der Waals surface area contributed by atoms with E-state index in [9.17, 15) is 13.2 Å². The highest BCUT2D eigenvalue weighted by Gasteiger charge is 2.44. The van der Waals surface area contributed by atoms with Crippen LogP contribution in [-0.4, -0.2) is 77.6 Å². The quantitative estimate of drug-likeness (QED) is 0.466. The molecule has 1 unspecified atom stereocenters. The molecule has 3 aromatic rings. The van der Waals surface area contributed by atoms with Gasteiger partial charge in [-0.3, -0.25) is 4.79 Å². The molecule has 2 aliphatic rings. The summed E-state index contributed by atoms with van der Waals surface area (Å²) in [4.78, 5) is 27.1. The number of carbonyl (C=O) groups is 1. The molecule has 2 heterocycles. The monoisotopic (exact) mass is 535 g/mol. The molecule has 1 aliphatic carbocycles. The molecule has 8 nitrogen and oxygen atoms in total. The van der Waals surface area contributed by atoms with Gasteiger partial charge in [0.2, 0.25) is 5.91 Å². The van der Waals surface area contributed by atoms with Crippen molar-refractivity contribution in [3.05, 3.63) is 60.9 Å². The van der Waals surface area contributed by atoms with Gasteiger partial charge in [0.05, 0.1) is 16.2 Å². The number of fused-ring (bicyclic) bond motifs is 1. The number of sulfone groups is 1. The summed E-state index contributed by atoms with van der Waals surface area (Å²) in [5.41, 5.74) is 0.825. The molecule has 202 valence electrons. The smallest absolute Gasteiger partial charge is 0.245 e. The number of carbonyl (C=O) groups excluding carboxylic acids is 1. The molecule has 4 atom stereocenters. The summed E-state index contributed by atoms with van der Waals surface area (Å²) in [6, 6.07) is 16.6. The number of rotatable bonds is 8. The van der Waals surface area contributed by atoms with Crippen LogP contribution < -0.4 is 5.32 Å². The summed E-state index contributed by atoms with van der Waals surface area (Å²) in [5.74, 6) is 0.585. The first-order valence-electron chi connectivity index (χ1n) is 13.5. The molecule has 0 spiro atoms.